The molecule has 3 nitrogen and oxygen atoms in total. The van der Waals surface area contributed by atoms with Gasteiger partial charge in [-0.2, -0.15) is 0 Å². The van der Waals surface area contributed by atoms with Crippen LogP contribution in [-0.2, 0) is 14.3 Å². The Labute approximate surface area is 118 Å². The molecule has 1 fully saturated rings. The summed E-state index contributed by atoms with van der Waals surface area (Å²) in [6, 6.07) is 0. The van der Waals surface area contributed by atoms with Gasteiger partial charge in [0.1, 0.15) is 0 Å². The van der Waals surface area contributed by atoms with Crippen molar-refractivity contribution in [3.63, 3.8) is 0 Å². The standard InChI is InChI=1S/C12H20O3.C4H10/c1-4-12(6-5-7-14-8-12)9-15-11(13)10(2)3;1-3-4-2/h2,4-9H2,1,3H3;3-4H2,1-2H3. The lowest BCUT2D eigenvalue weighted by Crippen LogP contribution is -2.36. The Hall–Kier alpha value is -0.830. The first-order valence-electron chi connectivity index (χ1n) is 7.41. The van der Waals surface area contributed by atoms with Gasteiger partial charge in [-0.25, -0.2) is 4.79 Å². The van der Waals surface area contributed by atoms with Gasteiger partial charge in [0.25, 0.3) is 0 Å². The maximum Gasteiger partial charge on any atom is 0.333 e. The highest BCUT2D eigenvalue weighted by Crippen LogP contribution is 2.32. The molecule has 1 aliphatic rings. The van der Waals surface area contributed by atoms with Crippen molar-refractivity contribution < 1.29 is 14.3 Å². The Morgan fingerprint density at radius 1 is 1.32 bits per heavy atom. The van der Waals surface area contributed by atoms with E-state index in [1.165, 1.54) is 12.8 Å². The second kappa shape index (κ2) is 10.0. The van der Waals surface area contributed by atoms with Crippen LogP contribution < -0.4 is 0 Å². The van der Waals surface area contributed by atoms with Gasteiger partial charge in [0.15, 0.2) is 0 Å². The van der Waals surface area contributed by atoms with Crippen LogP contribution in [0.4, 0.5) is 0 Å². The lowest BCUT2D eigenvalue weighted by molar-refractivity contribution is -0.146. The van der Waals surface area contributed by atoms with Crippen LogP contribution in [0, 0.1) is 5.41 Å². The summed E-state index contributed by atoms with van der Waals surface area (Å²) in [6.07, 6.45) is 5.75. The molecular weight excluding hydrogens is 240 g/mol. The fourth-order valence-electron chi connectivity index (χ4n) is 1.75. The average molecular weight is 270 g/mol. The Balaban J connectivity index is 0.000000711. The first-order chi connectivity index (χ1) is 9.01. The van der Waals surface area contributed by atoms with Gasteiger partial charge in [-0.1, -0.05) is 40.2 Å². The number of rotatable bonds is 5. The van der Waals surface area contributed by atoms with E-state index in [4.69, 9.17) is 9.47 Å². The predicted molar refractivity (Wildman–Crippen MR) is 79.1 cm³/mol. The maximum absolute atomic E-state index is 11.3. The summed E-state index contributed by atoms with van der Waals surface area (Å²) in [5.74, 6) is -0.298. The van der Waals surface area contributed by atoms with Crippen molar-refractivity contribution in [2.75, 3.05) is 19.8 Å². The Bertz CT molecular complexity index is 263. The lowest BCUT2D eigenvalue weighted by Gasteiger charge is -2.35. The van der Waals surface area contributed by atoms with Crippen LogP contribution in [0.1, 0.15) is 59.8 Å². The highest BCUT2D eigenvalue weighted by Gasteiger charge is 2.32. The van der Waals surface area contributed by atoms with Crippen LogP contribution in [0.25, 0.3) is 0 Å². The fourth-order valence-corrected chi connectivity index (χ4v) is 1.75. The third-order valence-electron chi connectivity index (χ3n) is 3.51. The largest absolute Gasteiger partial charge is 0.462 e. The van der Waals surface area contributed by atoms with Gasteiger partial charge in [-0.15, -0.1) is 0 Å². The second-order valence-corrected chi connectivity index (χ2v) is 5.37. The Kier molecular flexibility index (Phi) is 9.58. The van der Waals surface area contributed by atoms with Gasteiger partial charge in [-0.3, -0.25) is 0 Å². The molecule has 0 saturated carbocycles. The van der Waals surface area contributed by atoms with E-state index in [2.05, 4.69) is 27.4 Å². The average Bonchev–Trinajstić information content (AvgIpc) is 2.45. The summed E-state index contributed by atoms with van der Waals surface area (Å²) in [6.45, 7) is 13.7. The van der Waals surface area contributed by atoms with Gasteiger partial charge < -0.3 is 9.47 Å². The van der Waals surface area contributed by atoms with Crippen LogP contribution in [-0.4, -0.2) is 25.8 Å². The van der Waals surface area contributed by atoms with E-state index >= 15 is 0 Å². The molecule has 0 aromatic heterocycles. The van der Waals surface area contributed by atoms with E-state index in [9.17, 15) is 4.79 Å². The molecule has 0 amide bonds. The molecule has 1 atom stereocenters. The number of esters is 1. The zero-order valence-electron chi connectivity index (χ0n) is 13.1. The molecule has 0 aliphatic carbocycles. The Morgan fingerprint density at radius 2 is 1.95 bits per heavy atom. The molecule has 1 heterocycles. The van der Waals surface area contributed by atoms with E-state index in [-0.39, 0.29) is 11.4 Å². The SMILES string of the molecule is C=C(C)C(=O)OCC1(CC)CCCOC1.CCCC. The van der Waals surface area contributed by atoms with Crippen molar-refractivity contribution >= 4 is 5.97 Å². The molecule has 0 radical (unpaired) electrons. The molecule has 0 bridgehead atoms. The second-order valence-electron chi connectivity index (χ2n) is 5.37. The number of ether oxygens (including phenoxy) is 2. The fraction of sp³-hybridized carbons (Fsp3) is 0.812. The lowest BCUT2D eigenvalue weighted by atomic mass is 9.81. The monoisotopic (exact) mass is 270 g/mol. The van der Waals surface area contributed by atoms with Crippen molar-refractivity contribution in [1.82, 2.24) is 0 Å². The molecule has 3 heteroatoms. The van der Waals surface area contributed by atoms with Crippen LogP contribution in [0.3, 0.4) is 0 Å². The van der Waals surface area contributed by atoms with Crippen molar-refractivity contribution in [1.29, 1.82) is 0 Å². The molecule has 1 rings (SSSR count). The number of carbonyl (C=O) groups excluding carboxylic acids is 1. The van der Waals surface area contributed by atoms with E-state index in [1.807, 2.05) is 0 Å². The molecule has 19 heavy (non-hydrogen) atoms. The van der Waals surface area contributed by atoms with Gasteiger partial charge in [0.05, 0.1) is 13.2 Å². The zero-order valence-corrected chi connectivity index (χ0v) is 13.1. The topological polar surface area (TPSA) is 35.5 Å². The molecule has 1 saturated heterocycles. The summed E-state index contributed by atoms with van der Waals surface area (Å²) >= 11 is 0. The first-order valence-corrected chi connectivity index (χ1v) is 7.41. The highest BCUT2D eigenvalue weighted by atomic mass is 16.5. The minimum absolute atomic E-state index is 0.0311. The van der Waals surface area contributed by atoms with Crippen molar-refractivity contribution in [3.8, 4) is 0 Å². The minimum atomic E-state index is -0.298. The number of unbranched alkanes of at least 4 members (excludes halogenated alkanes) is 1. The third kappa shape index (κ3) is 7.36. The third-order valence-corrected chi connectivity index (χ3v) is 3.51. The van der Waals surface area contributed by atoms with Crippen LogP contribution in [0.2, 0.25) is 0 Å². The Morgan fingerprint density at radius 3 is 2.32 bits per heavy atom. The number of hydrogen-bond donors (Lipinski definition) is 0. The van der Waals surface area contributed by atoms with Crippen molar-refractivity contribution in [3.05, 3.63) is 12.2 Å². The molecule has 112 valence electrons. The van der Waals surface area contributed by atoms with Gasteiger partial charge >= 0.3 is 5.97 Å². The molecular formula is C16H30O3. The van der Waals surface area contributed by atoms with E-state index in [0.29, 0.717) is 18.8 Å². The molecule has 1 aliphatic heterocycles. The number of hydrogen-bond acceptors (Lipinski definition) is 3. The quantitative estimate of drug-likeness (QED) is 0.557. The summed E-state index contributed by atoms with van der Waals surface area (Å²) in [4.78, 5) is 11.3. The van der Waals surface area contributed by atoms with Gasteiger partial charge in [0, 0.05) is 17.6 Å². The van der Waals surface area contributed by atoms with Gasteiger partial charge in [0.2, 0.25) is 0 Å². The zero-order chi connectivity index (χ0) is 14.7. The molecule has 0 spiro atoms. The smallest absolute Gasteiger partial charge is 0.333 e. The van der Waals surface area contributed by atoms with Crippen LogP contribution >= 0.6 is 0 Å². The molecule has 0 aromatic rings. The maximum atomic E-state index is 11.3. The molecule has 0 aromatic carbocycles. The first kappa shape index (κ1) is 18.2. The summed E-state index contributed by atoms with van der Waals surface area (Å²) in [7, 11) is 0. The summed E-state index contributed by atoms with van der Waals surface area (Å²) in [5, 5.41) is 0. The minimum Gasteiger partial charge on any atom is -0.462 e. The summed E-state index contributed by atoms with van der Waals surface area (Å²) in [5.41, 5.74) is 0.488. The van der Waals surface area contributed by atoms with E-state index in [0.717, 1.165) is 25.9 Å². The number of carbonyl (C=O) groups is 1. The van der Waals surface area contributed by atoms with Crippen LogP contribution in [0.15, 0.2) is 12.2 Å². The van der Waals surface area contributed by atoms with E-state index < -0.39 is 0 Å². The van der Waals surface area contributed by atoms with Gasteiger partial charge in [-0.05, 0) is 26.2 Å². The molecule has 1 unspecified atom stereocenters. The van der Waals surface area contributed by atoms with Crippen molar-refractivity contribution in [2.24, 2.45) is 5.41 Å². The normalized spacial score (nSPS) is 22.1. The van der Waals surface area contributed by atoms with Crippen LogP contribution in [0.5, 0.6) is 0 Å². The van der Waals surface area contributed by atoms with E-state index in [1.54, 1.807) is 6.92 Å². The molecule has 0 N–H and O–H groups in total. The predicted octanol–water partition coefficient (Wildman–Crippen LogP) is 4.12. The van der Waals surface area contributed by atoms with Crippen molar-refractivity contribution in [2.45, 2.75) is 59.8 Å². The summed E-state index contributed by atoms with van der Waals surface area (Å²) < 4.78 is 10.7. The highest BCUT2D eigenvalue weighted by molar-refractivity contribution is 5.86.